The fraction of sp³-hybridized carbons (Fsp3) is 0.269. The molecule has 6 heteroatoms. The number of hydrogen-bond acceptors (Lipinski definition) is 5. The van der Waals surface area contributed by atoms with Crippen LogP contribution in [0, 0.1) is 6.92 Å². The van der Waals surface area contributed by atoms with Gasteiger partial charge in [0, 0.05) is 11.1 Å². The standard InChI is InChI=1S/C26H26BN3O2/c1-17-11-12-18-13-14-20(16-21(18)15-17)23-28-22(19-9-7-6-8-10-19)29-24(30-23)27-31-25(2,3)26(4,5)32-27/h6-16H,1-5H3. The minimum absolute atomic E-state index is 0.474. The average molecular weight is 423 g/mol. The van der Waals surface area contributed by atoms with Crippen LogP contribution in [0.4, 0.5) is 0 Å². The molecule has 2 heterocycles. The highest BCUT2D eigenvalue weighted by Crippen LogP contribution is 2.36. The third-order valence-electron chi connectivity index (χ3n) is 6.40. The molecule has 4 aromatic rings. The molecule has 0 unspecified atom stereocenters. The van der Waals surface area contributed by atoms with Crippen LogP contribution in [-0.2, 0) is 9.31 Å². The summed E-state index contributed by atoms with van der Waals surface area (Å²) in [4.78, 5) is 14.4. The number of aryl methyl sites for hydroxylation is 1. The Morgan fingerprint density at radius 3 is 1.97 bits per heavy atom. The van der Waals surface area contributed by atoms with Gasteiger partial charge >= 0.3 is 7.12 Å². The van der Waals surface area contributed by atoms with Crippen LogP contribution in [0.15, 0.2) is 66.7 Å². The molecular formula is C26H26BN3O2. The SMILES string of the molecule is Cc1ccc2ccc(-c3nc(B4OC(C)(C)C(C)(C)O4)nc(-c4ccccc4)n3)cc2c1. The van der Waals surface area contributed by atoms with Crippen molar-refractivity contribution in [2.75, 3.05) is 0 Å². The van der Waals surface area contributed by atoms with Gasteiger partial charge in [-0.15, -0.1) is 0 Å². The Morgan fingerprint density at radius 2 is 1.28 bits per heavy atom. The van der Waals surface area contributed by atoms with E-state index < -0.39 is 18.3 Å². The van der Waals surface area contributed by atoms with Crippen LogP contribution in [0.2, 0.25) is 0 Å². The second kappa shape index (κ2) is 7.50. The van der Waals surface area contributed by atoms with E-state index in [9.17, 15) is 0 Å². The third kappa shape index (κ3) is 3.70. The molecule has 160 valence electrons. The Bertz CT molecular complexity index is 1290. The second-order valence-corrected chi connectivity index (χ2v) is 9.36. The van der Waals surface area contributed by atoms with E-state index in [0.717, 1.165) is 16.5 Å². The van der Waals surface area contributed by atoms with Crippen molar-refractivity contribution in [3.05, 3.63) is 72.3 Å². The molecule has 1 aliphatic heterocycles. The van der Waals surface area contributed by atoms with Gasteiger partial charge in [-0.05, 0) is 51.5 Å². The van der Waals surface area contributed by atoms with E-state index in [2.05, 4.69) is 43.3 Å². The number of nitrogens with zero attached hydrogens (tertiary/aromatic N) is 3. The van der Waals surface area contributed by atoms with Crippen molar-refractivity contribution >= 4 is 23.6 Å². The van der Waals surface area contributed by atoms with Gasteiger partial charge < -0.3 is 9.31 Å². The molecule has 0 saturated carbocycles. The fourth-order valence-electron chi connectivity index (χ4n) is 3.80. The first kappa shape index (κ1) is 20.8. The highest BCUT2D eigenvalue weighted by molar-refractivity contribution is 6.60. The molecule has 0 radical (unpaired) electrons. The van der Waals surface area contributed by atoms with Gasteiger partial charge in [0.2, 0.25) is 0 Å². The molecule has 3 aromatic carbocycles. The molecule has 0 N–H and O–H groups in total. The summed E-state index contributed by atoms with van der Waals surface area (Å²) in [6.07, 6.45) is 0. The Balaban J connectivity index is 1.65. The number of hydrogen-bond donors (Lipinski definition) is 0. The third-order valence-corrected chi connectivity index (χ3v) is 6.40. The lowest BCUT2D eigenvalue weighted by molar-refractivity contribution is 0.00578. The fourth-order valence-corrected chi connectivity index (χ4v) is 3.80. The molecule has 0 spiro atoms. The number of aromatic nitrogens is 3. The highest BCUT2D eigenvalue weighted by Gasteiger charge is 2.53. The van der Waals surface area contributed by atoms with Crippen LogP contribution in [0.5, 0.6) is 0 Å². The molecule has 0 aliphatic carbocycles. The summed E-state index contributed by atoms with van der Waals surface area (Å²) in [6.45, 7) is 10.2. The van der Waals surface area contributed by atoms with Crippen molar-refractivity contribution < 1.29 is 9.31 Å². The normalized spacial score (nSPS) is 17.1. The lowest BCUT2D eigenvalue weighted by Gasteiger charge is -2.32. The van der Waals surface area contributed by atoms with Gasteiger partial charge in [0.25, 0.3) is 0 Å². The van der Waals surface area contributed by atoms with Gasteiger partial charge in [-0.2, -0.15) is 0 Å². The predicted octanol–water partition coefficient (Wildman–Crippen LogP) is 4.97. The maximum atomic E-state index is 6.24. The Hall–Kier alpha value is -3.09. The lowest BCUT2D eigenvalue weighted by Crippen LogP contribution is -2.41. The maximum Gasteiger partial charge on any atom is 0.534 e. The van der Waals surface area contributed by atoms with Crippen molar-refractivity contribution in [1.29, 1.82) is 0 Å². The second-order valence-electron chi connectivity index (χ2n) is 9.36. The molecule has 1 saturated heterocycles. The monoisotopic (exact) mass is 423 g/mol. The van der Waals surface area contributed by atoms with Crippen molar-refractivity contribution in [2.24, 2.45) is 0 Å². The molecule has 0 bridgehead atoms. The molecule has 1 fully saturated rings. The first-order chi connectivity index (χ1) is 15.2. The summed E-state index contributed by atoms with van der Waals surface area (Å²) >= 11 is 0. The van der Waals surface area contributed by atoms with Gasteiger partial charge in [0.05, 0.1) is 11.2 Å². The van der Waals surface area contributed by atoms with Crippen molar-refractivity contribution in [2.45, 2.75) is 45.8 Å². The smallest absolute Gasteiger partial charge is 0.397 e. The van der Waals surface area contributed by atoms with E-state index in [1.165, 1.54) is 10.9 Å². The van der Waals surface area contributed by atoms with Gasteiger partial charge in [-0.1, -0.05) is 66.2 Å². The first-order valence-electron chi connectivity index (χ1n) is 10.9. The largest absolute Gasteiger partial charge is 0.534 e. The summed E-state index contributed by atoms with van der Waals surface area (Å²) in [6, 6.07) is 22.6. The molecule has 1 aromatic heterocycles. The summed E-state index contributed by atoms with van der Waals surface area (Å²) < 4.78 is 12.5. The zero-order valence-electron chi connectivity index (χ0n) is 19.1. The zero-order valence-corrected chi connectivity index (χ0v) is 19.1. The summed E-state index contributed by atoms with van der Waals surface area (Å²) in [5.41, 5.74) is 2.60. The summed E-state index contributed by atoms with van der Waals surface area (Å²) in [7, 11) is -0.660. The molecule has 5 rings (SSSR count). The number of fused-ring (bicyclic) bond motifs is 1. The van der Waals surface area contributed by atoms with E-state index in [4.69, 9.17) is 24.3 Å². The molecule has 0 amide bonds. The molecule has 32 heavy (non-hydrogen) atoms. The van der Waals surface area contributed by atoms with E-state index >= 15 is 0 Å². The van der Waals surface area contributed by atoms with E-state index in [0.29, 0.717) is 17.4 Å². The average Bonchev–Trinajstić information content (AvgIpc) is 3.00. The molecule has 1 aliphatic rings. The van der Waals surface area contributed by atoms with Crippen LogP contribution in [-0.4, -0.2) is 33.3 Å². The maximum absolute atomic E-state index is 6.24. The van der Waals surface area contributed by atoms with Crippen molar-refractivity contribution in [3.63, 3.8) is 0 Å². The van der Waals surface area contributed by atoms with Crippen LogP contribution in [0.3, 0.4) is 0 Å². The topological polar surface area (TPSA) is 57.1 Å². The number of rotatable bonds is 3. The molecule has 5 nitrogen and oxygen atoms in total. The van der Waals surface area contributed by atoms with Crippen LogP contribution < -0.4 is 5.72 Å². The zero-order chi connectivity index (χ0) is 22.5. The summed E-state index contributed by atoms with van der Waals surface area (Å²) in [5, 5.41) is 2.34. The van der Waals surface area contributed by atoms with Crippen molar-refractivity contribution in [3.8, 4) is 22.8 Å². The van der Waals surface area contributed by atoms with E-state index in [1.807, 2.05) is 58.0 Å². The van der Waals surface area contributed by atoms with Gasteiger partial charge in [-0.3, -0.25) is 0 Å². The number of benzene rings is 3. The highest BCUT2D eigenvalue weighted by atomic mass is 16.7. The quantitative estimate of drug-likeness (QED) is 0.436. The van der Waals surface area contributed by atoms with Gasteiger partial charge in [-0.25, -0.2) is 15.0 Å². The van der Waals surface area contributed by atoms with Crippen LogP contribution in [0.1, 0.15) is 33.3 Å². The Labute approximate surface area is 189 Å². The van der Waals surface area contributed by atoms with Crippen LogP contribution in [0.25, 0.3) is 33.5 Å². The Kier molecular flexibility index (Phi) is 4.88. The first-order valence-corrected chi connectivity index (χ1v) is 10.9. The van der Waals surface area contributed by atoms with Gasteiger partial charge in [0.1, 0.15) is 0 Å². The van der Waals surface area contributed by atoms with Gasteiger partial charge in [0.15, 0.2) is 17.4 Å². The molecular weight excluding hydrogens is 397 g/mol. The van der Waals surface area contributed by atoms with Crippen LogP contribution >= 0.6 is 0 Å². The van der Waals surface area contributed by atoms with E-state index in [-0.39, 0.29) is 0 Å². The minimum atomic E-state index is -0.660. The summed E-state index contributed by atoms with van der Waals surface area (Å²) in [5.74, 6) is 1.21. The Morgan fingerprint density at radius 1 is 0.656 bits per heavy atom. The lowest BCUT2D eigenvalue weighted by atomic mass is 9.89. The molecule has 0 atom stereocenters. The van der Waals surface area contributed by atoms with Crippen molar-refractivity contribution in [1.82, 2.24) is 15.0 Å². The predicted molar refractivity (Wildman–Crippen MR) is 129 cm³/mol. The van der Waals surface area contributed by atoms with E-state index in [1.54, 1.807) is 0 Å². The minimum Gasteiger partial charge on any atom is -0.397 e.